The van der Waals surface area contributed by atoms with Gasteiger partial charge >= 0.3 is 6.98 Å². The normalized spacial score (nSPS) is 23.7. The van der Waals surface area contributed by atoms with E-state index in [-0.39, 0.29) is 18.4 Å². The summed E-state index contributed by atoms with van der Waals surface area (Å²) >= 11 is 0. The fourth-order valence-electron chi connectivity index (χ4n) is 1.92. The molecule has 1 unspecified atom stereocenters. The fourth-order valence-corrected chi connectivity index (χ4v) is 1.92. The van der Waals surface area contributed by atoms with Gasteiger partial charge in [0.1, 0.15) is 0 Å². The Morgan fingerprint density at radius 3 is 2.64 bits per heavy atom. The predicted octanol–water partition coefficient (Wildman–Crippen LogP) is 2.09. The van der Waals surface area contributed by atoms with Gasteiger partial charge < -0.3 is 17.8 Å². The van der Waals surface area contributed by atoms with Gasteiger partial charge in [-0.3, -0.25) is 4.79 Å². The van der Waals surface area contributed by atoms with E-state index in [9.17, 15) is 17.7 Å². The molecule has 2 nitrogen and oxygen atoms in total. The van der Waals surface area contributed by atoms with Crippen LogP contribution < -0.4 is 0 Å². The first-order valence-corrected chi connectivity index (χ1v) is 4.85. The molecule has 0 N–H and O–H groups in total. The summed E-state index contributed by atoms with van der Waals surface area (Å²) in [5.41, 5.74) is 0. The molecule has 1 aliphatic heterocycles. The predicted molar refractivity (Wildman–Crippen MR) is 48.9 cm³/mol. The lowest BCUT2D eigenvalue weighted by Gasteiger charge is -2.34. The summed E-state index contributed by atoms with van der Waals surface area (Å²) in [6, 6.07) is 0. The van der Waals surface area contributed by atoms with Gasteiger partial charge in [0, 0.05) is 20.0 Å². The summed E-state index contributed by atoms with van der Waals surface area (Å²) in [7, 11) is 0. The van der Waals surface area contributed by atoms with Crippen molar-refractivity contribution in [3.63, 3.8) is 0 Å². The first kappa shape index (κ1) is 11.4. The number of carbonyl (C=O) groups is 1. The van der Waals surface area contributed by atoms with Crippen LogP contribution in [0.4, 0.5) is 12.9 Å². The maximum absolute atomic E-state index is 12.1. The molecule has 1 aliphatic rings. The highest BCUT2D eigenvalue weighted by Gasteiger charge is 2.30. The van der Waals surface area contributed by atoms with Gasteiger partial charge in [-0.2, -0.15) is 0 Å². The van der Waals surface area contributed by atoms with E-state index in [1.165, 1.54) is 11.8 Å². The van der Waals surface area contributed by atoms with Crippen molar-refractivity contribution in [1.82, 2.24) is 4.90 Å². The van der Waals surface area contributed by atoms with E-state index in [1.54, 1.807) is 0 Å². The average Bonchev–Trinajstić information content (AvgIpc) is 2.01. The third kappa shape index (κ3) is 3.60. The molecule has 0 saturated carbocycles. The zero-order valence-corrected chi connectivity index (χ0v) is 8.18. The highest BCUT2D eigenvalue weighted by Crippen LogP contribution is 2.27. The van der Waals surface area contributed by atoms with Crippen LogP contribution in [0.5, 0.6) is 0 Å². The lowest BCUT2D eigenvalue weighted by molar-refractivity contribution is -0.130. The molecule has 0 radical (unpaired) electrons. The maximum Gasteiger partial charge on any atom is 0.478 e. The second-order valence-electron chi connectivity index (χ2n) is 3.92. The summed E-state index contributed by atoms with van der Waals surface area (Å²) < 4.78 is 36.4. The van der Waals surface area contributed by atoms with Crippen LogP contribution >= 0.6 is 0 Å². The lowest BCUT2D eigenvalue weighted by Crippen LogP contribution is -2.40. The van der Waals surface area contributed by atoms with Crippen LogP contribution in [0.25, 0.3) is 0 Å². The van der Waals surface area contributed by atoms with Gasteiger partial charge in [-0.15, -0.1) is 0 Å². The van der Waals surface area contributed by atoms with Crippen molar-refractivity contribution >= 4 is 12.9 Å². The number of likely N-dealkylation sites (tertiary alicyclic amines) is 1. The molecule has 0 bridgehead atoms. The maximum atomic E-state index is 12.1. The van der Waals surface area contributed by atoms with Crippen LogP contribution in [0.2, 0.25) is 6.32 Å². The van der Waals surface area contributed by atoms with Crippen molar-refractivity contribution in [1.29, 1.82) is 0 Å². The van der Waals surface area contributed by atoms with Crippen molar-refractivity contribution in [2.24, 2.45) is 5.92 Å². The molecule has 14 heavy (non-hydrogen) atoms. The molecule has 0 aliphatic carbocycles. The minimum Gasteiger partial charge on any atom is -0.449 e. The molecule has 1 rings (SSSR count). The Kier molecular flexibility index (Phi) is 3.45. The van der Waals surface area contributed by atoms with Crippen LogP contribution in [0.1, 0.15) is 19.8 Å². The van der Waals surface area contributed by atoms with Crippen LogP contribution in [-0.2, 0) is 4.79 Å². The van der Waals surface area contributed by atoms with Crippen molar-refractivity contribution in [3.8, 4) is 0 Å². The monoisotopic (exact) mass is 208 g/mol. The largest absolute Gasteiger partial charge is 0.478 e. The van der Waals surface area contributed by atoms with E-state index < -0.39 is 13.3 Å². The van der Waals surface area contributed by atoms with E-state index in [0.717, 1.165) is 0 Å². The SMILES string of the molecule is CC(=O)N1CCCC(C[B-](F)(F)F)C1. The van der Waals surface area contributed by atoms with Gasteiger partial charge in [0.15, 0.2) is 0 Å². The number of hydrogen-bond acceptors (Lipinski definition) is 1. The third-order valence-electron chi connectivity index (χ3n) is 2.56. The first-order chi connectivity index (χ1) is 6.38. The highest BCUT2D eigenvalue weighted by atomic mass is 19.4. The Morgan fingerprint density at radius 1 is 1.50 bits per heavy atom. The molecule has 0 aromatic rings. The second kappa shape index (κ2) is 4.23. The average molecular weight is 208 g/mol. The zero-order valence-electron chi connectivity index (χ0n) is 8.18. The van der Waals surface area contributed by atoms with E-state index in [2.05, 4.69) is 0 Å². The van der Waals surface area contributed by atoms with Crippen molar-refractivity contribution in [2.45, 2.75) is 26.1 Å². The molecular formula is C8H14BF3NO-. The van der Waals surface area contributed by atoms with Crippen LogP contribution in [0, 0.1) is 5.92 Å². The molecule has 6 heteroatoms. The molecule has 0 aromatic heterocycles. The van der Waals surface area contributed by atoms with E-state index in [4.69, 9.17) is 0 Å². The number of halogens is 3. The number of hydrogen-bond donors (Lipinski definition) is 0. The van der Waals surface area contributed by atoms with Crippen molar-refractivity contribution in [2.75, 3.05) is 13.1 Å². The molecule has 1 heterocycles. The fraction of sp³-hybridized carbons (Fsp3) is 0.875. The van der Waals surface area contributed by atoms with Gasteiger partial charge in [-0.1, -0.05) is 6.32 Å². The summed E-state index contributed by atoms with van der Waals surface area (Å²) in [5.74, 6) is -0.503. The Morgan fingerprint density at radius 2 is 2.14 bits per heavy atom. The van der Waals surface area contributed by atoms with Crippen molar-refractivity contribution in [3.05, 3.63) is 0 Å². The molecule has 1 saturated heterocycles. The lowest BCUT2D eigenvalue weighted by atomic mass is 9.75. The van der Waals surface area contributed by atoms with Gasteiger partial charge in [0.25, 0.3) is 0 Å². The molecule has 1 fully saturated rings. The minimum atomic E-state index is -4.71. The molecule has 0 aromatic carbocycles. The number of amides is 1. The topological polar surface area (TPSA) is 20.3 Å². The Bertz CT molecular complexity index is 219. The van der Waals surface area contributed by atoms with Gasteiger partial charge in [0.2, 0.25) is 5.91 Å². The van der Waals surface area contributed by atoms with E-state index in [1.807, 2.05) is 0 Å². The number of nitrogens with zero attached hydrogens (tertiary/aromatic N) is 1. The minimum absolute atomic E-state index is 0.121. The van der Waals surface area contributed by atoms with E-state index >= 15 is 0 Å². The number of rotatable bonds is 2. The first-order valence-electron chi connectivity index (χ1n) is 4.85. The Labute approximate surface area is 81.5 Å². The molecular weight excluding hydrogens is 194 g/mol. The highest BCUT2D eigenvalue weighted by molar-refractivity contribution is 6.58. The Hall–Kier alpha value is -0.675. The molecule has 1 amide bonds. The number of carbonyl (C=O) groups excluding carboxylic acids is 1. The molecule has 82 valence electrons. The van der Waals surface area contributed by atoms with Gasteiger partial charge in [0.05, 0.1) is 0 Å². The summed E-state index contributed by atoms with van der Waals surface area (Å²) in [6.07, 6.45) is 0.575. The van der Waals surface area contributed by atoms with Crippen LogP contribution in [0.15, 0.2) is 0 Å². The van der Waals surface area contributed by atoms with Gasteiger partial charge in [-0.25, -0.2) is 0 Å². The summed E-state index contributed by atoms with van der Waals surface area (Å²) in [5, 5.41) is 0. The van der Waals surface area contributed by atoms with Crippen LogP contribution in [0.3, 0.4) is 0 Å². The van der Waals surface area contributed by atoms with Gasteiger partial charge in [-0.05, 0) is 18.8 Å². The van der Waals surface area contributed by atoms with Crippen LogP contribution in [-0.4, -0.2) is 30.9 Å². The number of piperidine rings is 1. The quantitative estimate of drug-likeness (QED) is 0.636. The standard InChI is InChI=1S/C8H14BF3NO/c1-7(14)13-4-2-3-8(6-13)5-9(10,11)12/h8H,2-6H2,1H3/q-1. The Balaban J connectivity index is 2.44. The second-order valence-corrected chi connectivity index (χ2v) is 3.92. The third-order valence-corrected chi connectivity index (χ3v) is 2.56. The molecule has 0 spiro atoms. The summed E-state index contributed by atoms with van der Waals surface area (Å²) in [4.78, 5) is 12.5. The molecule has 1 atom stereocenters. The van der Waals surface area contributed by atoms with E-state index in [0.29, 0.717) is 19.4 Å². The zero-order chi connectivity index (χ0) is 10.8. The summed E-state index contributed by atoms with van der Waals surface area (Å²) in [6.45, 7) is -2.42. The smallest absolute Gasteiger partial charge is 0.449 e. The van der Waals surface area contributed by atoms with Crippen molar-refractivity contribution < 1.29 is 17.7 Å².